The molecule has 3 heteroatoms. The summed E-state index contributed by atoms with van der Waals surface area (Å²) in [6, 6.07) is 0.549. The van der Waals surface area contributed by atoms with E-state index in [1.54, 1.807) is 0 Å². The van der Waals surface area contributed by atoms with E-state index in [-0.39, 0.29) is 0 Å². The Kier molecular flexibility index (Phi) is 2.75. The highest BCUT2D eigenvalue weighted by Gasteiger charge is 2.37. The molecule has 0 aromatic carbocycles. The van der Waals surface area contributed by atoms with Gasteiger partial charge in [0.1, 0.15) is 0 Å². The lowest BCUT2D eigenvalue weighted by atomic mass is 9.86. The molecular formula is C10H19NOS. The Balaban J connectivity index is 2.08. The molecule has 1 saturated heterocycles. The molecule has 2 aliphatic rings. The van der Waals surface area contributed by atoms with E-state index in [4.69, 9.17) is 0 Å². The molecule has 2 nitrogen and oxygen atoms in total. The van der Waals surface area contributed by atoms with Crippen LogP contribution in [-0.2, 0) is 10.8 Å². The van der Waals surface area contributed by atoms with Gasteiger partial charge < -0.3 is 5.32 Å². The Morgan fingerprint density at radius 2 is 2.08 bits per heavy atom. The van der Waals surface area contributed by atoms with Crippen molar-refractivity contribution >= 4 is 10.8 Å². The summed E-state index contributed by atoms with van der Waals surface area (Å²) < 4.78 is 12.0. The Hall–Kier alpha value is 0.110. The van der Waals surface area contributed by atoms with E-state index in [0.717, 1.165) is 18.9 Å². The second kappa shape index (κ2) is 3.70. The molecule has 0 amide bonds. The van der Waals surface area contributed by atoms with E-state index >= 15 is 0 Å². The lowest BCUT2D eigenvalue weighted by Gasteiger charge is -2.40. The van der Waals surface area contributed by atoms with Gasteiger partial charge >= 0.3 is 0 Å². The molecule has 5 unspecified atom stereocenters. The lowest BCUT2D eigenvalue weighted by Crippen LogP contribution is -2.55. The Morgan fingerprint density at radius 1 is 1.31 bits per heavy atom. The first-order chi connectivity index (χ1) is 6.18. The monoisotopic (exact) mass is 201 g/mol. The van der Waals surface area contributed by atoms with Crippen LogP contribution in [0, 0.1) is 5.92 Å². The van der Waals surface area contributed by atoms with Crippen molar-refractivity contribution < 1.29 is 4.21 Å². The van der Waals surface area contributed by atoms with Crippen LogP contribution in [-0.4, -0.2) is 27.3 Å². The number of hydrogen-bond donors (Lipinski definition) is 1. The second-order valence-corrected chi connectivity index (χ2v) is 6.68. The molecule has 2 rings (SSSR count). The van der Waals surface area contributed by atoms with Crippen LogP contribution in [0.1, 0.15) is 33.1 Å². The lowest BCUT2D eigenvalue weighted by molar-refractivity contribution is 0.303. The average molecular weight is 201 g/mol. The summed E-state index contributed by atoms with van der Waals surface area (Å²) in [5, 5.41) is 4.32. The van der Waals surface area contributed by atoms with Crippen molar-refractivity contribution in [1.82, 2.24) is 5.32 Å². The van der Waals surface area contributed by atoms with Crippen LogP contribution < -0.4 is 5.32 Å². The minimum absolute atomic E-state index is 0.353. The maximum absolute atomic E-state index is 12.0. The van der Waals surface area contributed by atoms with Gasteiger partial charge in [-0.15, -0.1) is 0 Å². The first-order valence-electron chi connectivity index (χ1n) is 5.31. The molecule has 1 heterocycles. The SMILES string of the molecule is CC1CCC2NCC(C)S(=O)C2C1. The first-order valence-corrected chi connectivity index (χ1v) is 6.59. The summed E-state index contributed by atoms with van der Waals surface area (Å²) in [5.41, 5.74) is 0. The van der Waals surface area contributed by atoms with Gasteiger partial charge in [0.15, 0.2) is 0 Å². The van der Waals surface area contributed by atoms with Crippen molar-refractivity contribution in [2.45, 2.75) is 49.7 Å². The van der Waals surface area contributed by atoms with E-state index in [1.165, 1.54) is 12.8 Å². The Labute approximate surface area is 82.9 Å². The van der Waals surface area contributed by atoms with Gasteiger partial charge in [0.25, 0.3) is 0 Å². The highest BCUT2D eigenvalue weighted by atomic mass is 32.2. The van der Waals surface area contributed by atoms with Gasteiger partial charge in [0, 0.05) is 28.6 Å². The molecule has 0 aromatic rings. The fourth-order valence-electron chi connectivity index (χ4n) is 2.52. The molecule has 5 atom stereocenters. The van der Waals surface area contributed by atoms with Gasteiger partial charge in [0.2, 0.25) is 0 Å². The van der Waals surface area contributed by atoms with Crippen LogP contribution >= 0.6 is 0 Å². The van der Waals surface area contributed by atoms with Crippen molar-refractivity contribution in [1.29, 1.82) is 0 Å². The maximum Gasteiger partial charge on any atom is 0.0506 e. The van der Waals surface area contributed by atoms with Crippen LogP contribution in [0.2, 0.25) is 0 Å². The van der Waals surface area contributed by atoms with E-state index in [0.29, 0.717) is 16.5 Å². The van der Waals surface area contributed by atoms with Crippen LogP contribution in [0.4, 0.5) is 0 Å². The summed E-state index contributed by atoms with van der Waals surface area (Å²) in [6.07, 6.45) is 3.69. The zero-order chi connectivity index (χ0) is 9.42. The number of nitrogens with one attached hydrogen (secondary N) is 1. The second-order valence-electron chi connectivity index (χ2n) is 4.61. The van der Waals surface area contributed by atoms with Gasteiger partial charge in [-0.3, -0.25) is 4.21 Å². The molecular weight excluding hydrogens is 182 g/mol. The minimum atomic E-state index is -0.585. The highest BCUT2D eigenvalue weighted by Crippen LogP contribution is 2.30. The van der Waals surface area contributed by atoms with E-state index in [1.807, 2.05) is 0 Å². The number of rotatable bonds is 0. The summed E-state index contributed by atoms with van der Waals surface area (Å²) in [4.78, 5) is 0. The quantitative estimate of drug-likeness (QED) is 0.640. The van der Waals surface area contributed by atoms with Crippen molar-refractivity contribution in [3.05, 3.63) is 0 Å². The predicted molar refractivity (Wildman–Crippen MR) is 56.2 cm³/mol. The number of fused-ring (bicyclic) bond motifs is 1. The Morgan fingerprint density at radius 3 is 2.85 bits per heavy atom. The topological polar surface area (TPSA) is 29.1 Å². The molecule has 0 bridgehead atoms. The standard InChI is InChI=1S/C10H19NOS/c1-7-3-4-9-10(5-7)13(12)8(2)6-11-9/h7-11H,3-6H2,1-2H3. The highest BCUT2D eigenvalue weighted by molar-refractivity contribution is 7.86. The van der Waals surface area contributed by atoms with Crippen LogP contribution in [0.25, 0.3) is 0 Å². The van der Waals surface area contributed by atoms with Crippen LogP contribution in [0.3, 0.4) is 0 Å². The molecule has 1 saturated carbocycles. The third-order valence-corrected chi connectivity index (χ3v) is 5.49. The maximum atomic E-state index is 12.0. The fraction of sp³-hybridized carbons (Fsp3) is 1.00. The van der Waals surface area contributed by atoms with E-state index in [2.05, 4.69) is 19.2 Å². The largest absolute Gasteiger partial charge is 0.312 e. The first kappa shape index (κ1) is 9.66. The summed E-state index contributed by atoms with van der Waals surface area (Å²) >= 11 is 0. The molecule has 1 aliphatic carbocycles. The zero-order valence-corrected chi connectivity index (χ0v) is 9.27. The predicted octanol–water partition coefficient (Wildman–Crippen LogP) is 1.28. The van der Waals surface area contributed by atoms with Crippen molar-refractivity contribution in [2.24, 2.45) is 5.92 Å². The van der Waals surface area contributed by atoms with Gasteiger partial charge in [-0.05, 0) is 32.1 Å². The van der Waals surface area contributed by atoms with E-state index in [9.17, 15) is 4.21 Å². The molecule has 0 spiro atoms. The van der Waals surface area contributed by atoms with Gasteiger partial charge in [-0.1, -0.05) is 6.92 Å². The third-order valence-electron chi connectivity index (χ3n) is 3.42. The summed E-state index contributed by atoms with van der Waals surface area (Å²) in [7, 11) is -0.585. The van der Waals surface area contributed by atoms with Gasteiger partial charge in [-0.25, -0.2) is 0 Å². The molecule has 76 valence electrons. The summed E-state index contributed by atoms with van der Waals surface area (Å²) in [6.45, 7) is 5.33. The molecule has 1 aliphatic heterocycles. The van der Waals surface area contributed by atoms with Crippen molar-refractivity contribution in [3.63, 3.8) is 0 Å². The molecule has 0 aromatic heterocycles. The number of hydrogen-bond acceptors (Lipinski definition) is 2. The van der Waals surface area contributed by atoms with Gasteiger partial charge in [-0.2, -0.15) is 0 Å². The Bertz CT molecular complexity index is 217. The average Bonchev–Trinajstić information content (AvgIpc) is 2.12. The van der Waals surface area contributed by atoms with Crippen molar-refractivity contribution in [2.75, 3.05) is 6.54 Å². The molecule has 2 fully saturated rings. The van der Waals surface area contributed by atoms with E-state index < -0.39 is 10.8 Å². The molecule has 13 heavy (non-hydrogen) atoms. The smallest absolute Gasteiger partial charge is 0.0506 e. The fourth-order valence-corrected chi connectivity index (χ4v) is 4.45. The minimum Gasteiger partial charge on any atom is -0.312 e. The van der Waals surface area contributed by atoms with Crippen LogP contribution in [0.15, 0.2) is 0 Å². The van der Waals surface area contributed by atoms with Crippen molar-refractivity contribution in [3.8, 4) is 0 Å². The van der Waals surface area contributed by atoms with Gasteiger partial charge in [0.05, 0.1) is 5.25 Å². The zero-order valence-electron chi connectivity index (χ0n) is 8.45. The summed E-state index contributed by atoms with van der Waals surface area (Å²) in [5.74, 6) is 0.775. The van der Waals surface area contributed by atoms with Crippen LogP contribution in [0.5, 0.6) is 0 Å². The molecule has 1 N–H and O–H groups in total. The third kappa shape index (κ3) is 1.82. The normalized spacial score (nSPS) is 51.4. The molecule has 0 radical (unpaired) electrons.